The number of likely N-dealkylation sites (N-methyl/N-ethyl adjacent to an activating group) is 1. The van der Waals surface area contributed by atoms with Crippen LogP contribution in [0.2, 0.25) is 0 Å². The molecule has 3 rings (SSSR count). The fourth-order valence-corrected chi connectivity index (χ4v) is 5.74. The van der Waals surface area contributed by atoms with Crippen molar-refractivity contribution in [2.75, 3.05) is 7.05 Å². The van der Waals surface area contributed by atoms with Gasteiger partial charge in [0.1, 0.15) is 6.10 Å². The van der Waals surface area contributed by atoms with Crippen molar-refractivity contribution in [3.05, 3.63) is 71.8 Å². The highest BCUT2D eigenvalue weighted by atomic mass is 31.2. The molecule has 0 bridgehead atoms. The quantitative estimate of drug-likeness (QED) is 0.576. The van der Waals surface area contributed by atoms with E-state index < -0.39 is 13.3 Å². The first kappa shape index (κ1) is 20.8. The van der Waals surface area contributed by atoms with Gasteiger partial charge >= 0.3 is 7.75 Å². The number of rotatable bonds is 7. The largest absolute Gasteiger partial charge is 0.410 e. The van der Waals surface area contributed by atoms with Crippen LogP contribution in [-0.2, 0) is 20.0 Å². The van der Waals surface area contributed by atoms with E-state index in [9.17, 15) is 9.83 Å². The minimum absolute atomic E-state index is 0.136. The van der Waals surface area contributed by atoms with E-state index in [0.29, 0.717) is 12.8 Å². The van der Waals surface area contributed by atoms with E-state index in [1.165, 1.54) is 0 Å². The summed E-state index contributed by atoms with van der Waals surface area (Å²) < 4.78 is 27.5. The molecule has 0 amide bonds. The fraction of sp³-hybridized carbons (Fsp3) is 0.409. The molecule has 2 aromatic carbocycles. The van der Waals surface area contributed by atoms with Gasteiger partial charge in [0.2, 0.25) is 0 Å². The first-order valence-electron chi connectivity index (χ1n) is 9.66. The van der Waals surface area contributed by atoms with Crippen molar-refractivity contribution < 1.29 is 13.6 Å². The molecule has 2 aromatic rings. The molecule has 4 atom stereocenters. The van der Waals surface area contributed by atoms with E-state index in [1.54, 1.807) is 11.7 Å². The van der Waals surface area contributed by atoms with Crippen LogP contribution in [-0.4, -0.2) is 23.4 Å². The molecular formula is C22H27N2O3P. The zero-order chi connectivity index (χ0) is 20.2. The van der Waals surface area contributed by atoms with Crippen molar-refractivity contribution in [2.24, 2.45) is 0 Å². The molecule has 6 heteroatoms. The molecule has 1 aliphatic rings. The third-order valence-electron chi connectivity index (χ3n) is 5.27. The third kappa shape index (κ3) is 4.21. The van der Waals surface area contributed by atoms with Gasteiger partial charge in [-0.15, -0.1) is 0 Å². The summed E-state index contributed by atoms with van der Waals surface area (Å²) in [6.45, 7) is 3.96. The third-order valence-corrected chi connectivity index (χ3v) is 7.48. The molecular weight excluding hydrogens is 371 g/mol. The second kappa shape index (κ2) is 8.59. The first-order valence-corrected chi connectivity index (χ1v) is 11.2. The van der Waals surface area contributed by atoms with Crippen LogP contribution >= 0.6 is 7.75 Å². The SMILES string of the molecule is CCC[C@@](C#N)(Cc1ccccc1)OP1(=O)O[C@@H](c2ccccc2)[C@H](C)N1C. The molecule has 5 nitrogen and oxygen atoms in total. The van der Waals surface area contributed by atoms with Gasteiger partial charge in [-0.05, 0) is 31.5 Å². The highest BCUT2D eigenvalue weighted by molar-refractivity contribution is 7.51. The van der Waals surface area contributed by atoms with Crippen molar-refractivity contribution in [1.29, 1.82) is 5.26 Å². The van der Waals surface area contributed by atoms with Crippen molar-refractivity contribution in [1.82, 2.24) is 4.67 Å². The minimum atomic E-state index is -3.63. The number of hydrogen-bond acceptors (Lipinski definition) is 4. The predicted octanol–water partition coefficient (Wildman–Crippen LogP) is 5.51. The molecule has 0 aromatic heterocycles. The average Bonchev–Trinajstić information content (AvgIpc) is 2.93. The van der Waals surface area contributed by atoms with E-state index in [2.05, 4.69) is 6.07 Å². The predicted molar refractivity (Wildman–Crippen MR) is 110 cm³/mol. The molecule has 1 fully saturated rings. The average molecular weight is 398 g/mol. The Balaban J connectivity index is 1.89. The lowest BCUT2D eigenvalue weighted by Crippen LogP contribution is -2.34. The van der Waals surface area contributed by atoms with Crippen LogP contribution in [0.4, 0.5) is 0 Å². The molecule has 148 valence electrons. The molecule has 0 saturated carbocycles. The number of hydrogen-bond donors (Lipinski definition) is 0. The molecule has 1 unspecified atom stereocenters. The Labute approximate surface area is 167 Å². The lowest BCUT2D eigenvalue weighted by molar-refractivity contribution is 0.0757. The van der Waals surface area contributed by atoms with E-state index in [-0.39, 0.29) is 12.1 Å². The van der Waals surface area contributed by atoms with E-state index in [1.807, 2.05) is 74.5 Å². The summed E-state index contributed by atoms with van der Waals surface area (Å²) >= 11 is 0. The first-order chi connectivity index (χ1) is 13.4. The van der Waals surface area contributed by atoms with Crippen molar-refractivity contribution >= 4 is 7.75 Å². The van der Waals surface area contributed by atoms with Crippen molar-refractivity contribution in [3.63, 3.8) is 0 Å². The summed E-state index contributed by atoms with van der Waals surface area (Å²) in [7, 11) is -1.89. The van der Waals surface area contributed by atoms with Crippen LogP contribution in [0.1, 0.15) is 43.9 Å². The molecule has 1 saturated heterocycles. The van der Waals surface area contributed by atoms with Crippen LogP contribution in [0.5, 0.6) is 0 Å². The summed E-state index contributed by atoms with van der Waals surface area (Å²) in [6, 6.07) is 21.6. The van der Waals surface area contributed by atoms with Gasteiger partial charge in [-0.1, -0.05) is 74.0 Å². The maximum Gasteiger partial charge on any atom is 0.410 e. The van der Waals surface area contributed by atoms with Gasteiger partial charge in [-0.2, -0.15) is 5.26 Å². The van der Waals surface area contributed by atoms with Gasteiger partial charge in [0, 0.05) is 12.5 Å². The maximum absolute atomic E-state index is 13.7. The Kier molecular flexibility index (Phi) is 6.37. The van der Waals surface area contributed by atoms with E-state index in [0.717, 1.165) is 17.5 Å². The van der Waals surface area contributed by atoms with E-state index in [4.69, 9.17) is 9.05 Å². The summed E-state index contributed by atoms with van der Waals surface area (Å²) in [5.74, 6) is 0. The Morgan fingerprint density at radius 1 is 1.18 bits per heavy atom. The fourth-order valence-electron chi connectivity index (χ4n) is 3.63. The second-order valence-electron chi connectivity index (χ2n) is 7.33. The molecule has 0 spiro atoms. The monoisotopic (exact) mass is 398 g/mol. The van der Waals surface area contributed by atoms with Gasteiger partial charge in [-0.3, -0.25) is 9.05 Å². The normalized spacial score (nSPS) is 27.2. The molecule has 1 aliphatic heterocycles. The summed E-state index contributed by atoms with van der Waals surface area (Å²) in [5, 5.41) is 10.0. The highest BCUT2D eigenvalue weighted by Gasteiger charge is 2.52. The van der Waals surface area contributed by atoms with Gasteiger partial charge < -0.3 is 0 Å². The van der Waals surface area contributed by atoms with E-state index >= 15 is 0 Å². The minimum Gasteiger partial charge on any atom is -0.287 e. The molecule has 28 heavy (non-hydrogen) atoms. The topological polar surface area (TPSA) is 62.6 Å². The van der Waals surface area contributed by atoms with Gasteiger partial charge in [-0.25, -0.2) is 9.24 Å². The summed E-state index contributed by atoms with van der Waals surface area (Å²) in [6.07, 6.45) is 1.21. The van der Waals surface area contributed by atoms with Crippen LogP contribution in [0.25, 0.3) is 0 Å². The Hall–Kier alpha value is -1.96. The van der Waals surface area contributed by atoms with Gasteiger partial charge in [0.05, 0.1) is 6.07 Å². The number of benzene rings is 2. The lowest BCUT2D eigenvalue weighted by atomic mass is 9.92. The Morgan fingerprint density at radius 2 is 1.79 bits per heavy atom. The smallest absolute Gasteiger partial charge is 0.287 e. The van der Waals surface area contributed by atoms with Crippen LogP contribution in [0, 0.1) is 11.3 Å². The van der Waals surface area contributed by atoms with Gasteiger partial charge in [0.15, 0.2) is 5.60 Å². The van der Waals surface area contributed by atoms with Crippen molar-refractivity contribution in [2.45, 2.75) is 50.9 Å². The highest BCUT2D eigenvalue weighted by Crippen LogP contribution is 2.65. The second-order valence-corrected chi connectivity index (χ2v) is 9.29. The maximum atomic E-state index is 13.7. The molecule has 0 radical (unpaired) electrons. The lowest BCUT2D eigenvalue weighted by Gasteiger charge is -2.31. The molecule has 0 N–H and O–H groups in total. The molecule has 1 heterocycles. The summed E-state index contributed by atoms with van der Waals surface area (Å²) in [4.78, 5) is 0. The van der Waals surface area contributed by atoms with Crippen molar-refractivity contribution in [3.8, 4) is 6.07 Å². The molecule has 0 aliphatic carbocycles. The Bertz CT molecular complexity index is 868. The number of nitrogens with zero attached hydrogens (tertiary/aromatic N) is 2. The van der Waals surface area contributed by atoms with Crippen LogP contribution < -0.4 is 0 Å². The van der Waals surface area contributed by atoms with Crippen LogP contribution in [0.15, 0.2) is 60.7 Å². The van der Waals surface area contributed by atoms with Crippen LogP contribution in [0.3, 0.4) is 0 Å². The standard InChI is InChI=1S/C22H27N2O3P/c1-4-15-22(17-23,16-19-11-7-5-8-12-19)27-28(25)24(3)18(2)21(26-28)20-13-9-6-10-14-20/h5-14,18,21H,4,15-16H2,1-3H3/t18-,21+,22-,28?/m0/s1. The number of nitriles is 1. The zero-order valence-electron chi connectivity index (χ0n) is 16.6. The zero-order valence-corrected chi connectivity index (χ0v) is 17.5. The Morgan fingerprint density at radius 3 is 2.36 bits per heavy atom. The summed E-state index contributed by atoms with van der Waals surface area (Å²) in [5.41, 5.74) is 0.716. The van der Waals surface area contributed by atoms with Gasteiger partial charge in [0.25, 0.3) is 0 Å².